The van der Waals surface area contributed by atoms with Crippen LogP contribution in [0.3, 0.4) is 0 Å². The number of aryl methyl sites for hydroxylation is 1. The molecule has 3 aromatic rings. The van der Waals surface area contributed by atoms with Gasteiger partial charge in [-0.3, -0.25) is 9.78 Å². The monoisotopic (exact) mass is 328 g/mol. The molecule has 24 heavy (non-hydrogen) atoms. The molecule has 0 fully saturated rings. The predicted octanol–water partition coefficient (Wildman–Crippen LogP) is 4.34. The number of halogens is 1. The van der Waals surface area contributed by atoms with Crippen LogP contribution in [0, 0.1) is 18.7 Å². The van der Waals surface area contributed by atoms with Crippen molar-refractivity contribution in [3.63, 3.8) is 0 Å². The molecular weight excluding hydrogens is 307 g/mol. The van der Waals surface area contributed by atoms with Crippen LogP contribution in [0.5, 0.6) is 5.75 Å². The molecule has 0 atom stereocenters. The summed E-state index contributed by atoms with van der Waals surface area (Å²) in [5.74, 6) is 0.243. The lowest BCUT2D eigenvalue weighted by Gasteiger charge is -2.11. The molecule has 5 heteroatoms. The van der Waals surface area contributed by atoms with E-state index in [-0.39, 0.29) is 16.8 Å². The molecule has 1 aromatic carbocycles. The summed E-state index contributed by atoms with van der Waals surface area (Å²) in [7, 11) is 0. The smallest absolute Gasteiger partial charge is 0.258 e. The van der Waals surface area contributed by atoms with Gasteiger partial charge in [0.2, 0.25) is 0 Å². The van der Waals surface area contributed by atoms with Crippen molar-refractivity contribution >= 4 is 21.7 Å². The normalized spacial score (nSPS) is 11.5. The summed E-state index contributed by atoms with van der Waals surface area (Å²) in [6.07, 6.45) is 3.53. The molecule has 0 radical (unpaired) electrons. The minimum absolute atomic E-state index is 0.173. The molecular formula is C19H21FN2O2. The Labute approximate surface area is 139 Å². The number of H-pyrrole nitrogens is 1. The number of pyridine rings is 2. The quantitative estimate of drug-likeness (QED) is 0.560. The summed E-state index contributed by atoms with van der Waals surface area (Å²) in [5, 5.41) is 1.85. The van der Waals surface area contributed by atoms with Crippen LogP contribution in [-0.2, 0) is 0 Å². The van der Waals surface area contributed by atoms with E-state index in [0.29, 0.717) is 34.4 Å². The van der Waals surface area contributed by atoms with E-state index < -0.39 is 5.82 Å². The van der Waals surface area contributed by atoms with Crippen molar-refractivity contribution in [3.05, 3.63) is 46.3 Å². The number of fused-ring (bicyclic) bond motifs is 3. The van der Waals surface area contributed by atoms with Gasteiger partial charge >= 0.3 is 0 Å². The maximum absolute atomic E-state index is 14.8. The van der Waals surface area contributed by atoms with Crippen molar-refractivity contribution in [2.45, 2.75) is 33.6 Å². The second-order valence-corrected chi connectivity index (χ2v) is 6.46. The zero-order valence-corrected chi connectivity index (χ0v) is 14.1. The third-order valence-electron chi connectivity index (χ3n) is 4.19. The van der Waals surface area contributed by atoms with Gasteiger partial charge in [0.25, 0.3) is 5.56 Å². The summed E-state index contributed by atoms with van der Waals surface area (Å²) in [4.78, 5) is 19.1. The number of nitrogens with one attached hydrogen (secondary N) is 1. The van der Waals surface area contributed by atoms with Gasteiger partial charge in [-0.15, -0.1) is 0 Å². The third kappa shape index (κ3) is 2.98. The van der Waals surface area contributed by atoms with Crippen molar-refractivity contribution in [2.75, 3.05) is 6.61 Å². The molecule has 0 aliphatic heterocycles. The molecule has 0 amide bonds. The lowest BCUT2D eigenvalue weighted by atomic mass is 10.1. The fourth-order valence-corrected chi connectivity index (χ4v) is 2.94. The Kier molecular flexibility index (Phi) is 4.51. The molecule has 3 rings (SSSR count). The first kappa shape index (κ1) is 16.4. The number of hydrogen-bond donors (Lipinski definition) is 1. The first-order valence-corrected chi connectivity index (χ1v) is 8.21. The largest absolute Gasteiger partial charge is 0.490 e. The van der Waals surface area contributed by atoms with Gasteiger partial charge in [-0.25, -0.2) is 4.39 Å². The zero-order chi connectivity index (χ0) is 17.3. The van der Waals surface area contributed by atoms with Crippen LogP contribution in [-0.4, -0.2) is 16.6 Å². The highest BCUT2D eigenvalue weighted by atomic mass is 19.1. The molecule has 0 saturated carbocycles. The SMILES string of the molecule is Cc1nccc2c1c(=O)[nH]c1c(F)c(OCCCC(C)C)ccc12. The minimum atomic E-state index is -0.523. The number of nitrogens with zero attached hydrogens (tertiary/aromatic N) is 1. The summed E-state index contributed by atoms with van der Waals surface area (Å²) >= 11 is 0. The number of hydrogen-bond acceptors (Lipinski definition) is 3. The molecule has 4 nitrogen and oxygen atoms in total. The maximum atomic E-state index is 14.8. The number of rotatable bonds is 5. The van der Waals surface area contributed by atoms with Crippen molar-refractivity contribution in [1.29, 1.82) is 0 Å². The van der Waals surface area contributed by atoms with E-state index in [9.17, 15) is 9.18 Å². The Morgan fingerprint density at radius 2 is 2.04 bits per heavy atom. The van der Waals surface area contributed by atoms with Gasteiger partial charge in [-0.05, 0) is 49.3 Å². The molecule has 0 unspecified atom stereocenters. The standard InChI is InChI=1S/C19H21FN2O2/c1-11(2)5-4-10-24-15-7-6-14-13-8-9-21-12(3)16(13)19(23)22-18(14)17(15)20/h6-9,11H,4-5,10H2,1-3H3,(H,22,23). The molecule has 1 N–H and O–H groups in total. The van der Waals surface area contributed by atoms with Crippen molar-refractivity contribution in [2.24, 2.45) is 5.92 Å². The first-order valence-electron chi connectivity index (χ1n) is 8.21. The van der Waals surface area contributed by atoms with Gasteiger partial charge in [0.05, 0.1) is 23.2 Å². The molecule has 2 aromatic heterocycles. The molecule has 0 aliphatic rings. The summed E-state index contributed by atoms with van der Waals surface area (Å²) in [5.41, 5.74) is 0.475. The fourth-order valence-electron chi connectivity index (χ4n) is 2.94. The van der Waals surface area contributed by atoms with Gasteiger partial charge < -0.3 is 9.72 Å². The van der Waals surface area contributed by atoms with Crippen LogP contribution in [0.15, 0.2) is 29.2 Å². The van der Waals surface area contributed by atoms with E-state index in [2.05, 4.69) is 23.8 Å². The van der Waals surface area contributed by atoms with E-state index in [1.807, 2.05) is 0 Å². The highest BCUT2D eigenvalue weighted by molar-refractivity contribution is 6.06. The van der Waals surface area contributed by atoms with Gasteiger partial charge in [-0.2, -0.15) is 0 Å². The Balaban J connectivity index is 2.03. The highest BCUT2D eigenvalue weighted by Crippen LogP contribution is 2.29. The molecule has 0 saturated heterocycles. The van der Waals surface area contributed by atoms with Crippen molar-refractivity contribution in [1.82, 2.24) is 9.97 Å². The van der Waals surface area contributed by atoms with E-state index in [1.54, 1.807) is 31.3 Å². The maximum Gasteiger partial charge on any atom is 0.258 e. The van der Waals surface area contributed by atoms with Crippen LogP contribution >= 0.6 is 0 Å². The molecule has 0 spiro atoms. The molecule has 126 valence electrons. The van der Waals surface area contributed by atoms with E-state index >= 15 is 0 Å². The fraction of sp³-hybridized carbons (Fsp3) is 0.368. The second-order valence-electron chi connectivity index (χ2n) is 6.46. The van der Waals surface area contributed by atoms with E-state index in [1.165, 1.54) is 0 Å². The Morgan fingerprint density at radius 1 is 1.25 bits per heavy atom. The van der Waals surface area contributed by atoms with E-state index in [4.69, 9.17) is 4.74 Å². The van der Waals surface area contributed by atoms with Crippen LogP contribution in [0.2, 0.25) is 0 Å². The number of ether oxygens (including phenoxy) is 1. The lowest BCUT2D eigenvalue weighted by Crippen LogP contribution is -2.10. The van der Waals surface area contributed by atoms with Crippen LogP contribution in [0.4, 0.5) is 4.39 Å². The Bertz CT molecular complexity index is 947. The Morgan fingerprint density at radius 3 is 2.79 bits per heavy atom. The average Bonchev–Trinajstić information content (AvgIpc) is 2.54. The summed E-state index contributed by atoms with van der Waals surface area (Å²) in [6.45, 7) is 6.51. The number of aromatic nitrogens is 2. The number of benzene rings is 1. The third-order valence-corrected chi connectivity index (χ3v) is 4.19. The van der Waals surface area contributed by atoms with Gasteiger partial charge in [0.15, 0.2) is 11.6 Å². The lowest BCUT2D eigenvalue weighted by molar-refractivity contribution is 0.285. The van der Waals surface area contributed by atoms with Crippen molar-refractivity contribution < 1.29 is 9.13 Å². The Hall–Kier alpha value is -2.43. The van der Waals surface area contributed by atoms with Crippen LogP contribution in [0.1, 0.15) is 32.4 Å². The molecule has 2 heterocycles. The zero-order valence-electron chi connectivity index (χ0n) is 14.1. The summed E-state index contributed by atoms with van der Waals surface area (Å²) < 4.78 is 20.3. The van der Waals surface area contributed by atoms with Gasteiger partial charge in [0, 0.05) is 11.6 Å². The number of aromatic amines is 1. The van der Waals surface area contributed by atoms with Crippen molar-refractivity contribution in [3.8, 4) is 5.75 Å². The molecule has 0 bridgehead atoms. The highest BCUT2D eigenvalue weighted by Gasteiger charge is 2.14. The predicted molar refractivity (Wildman–Crippen MR) is 94.1 cm³/mol. The average molecular weight is 328 g/mol. The van der Waals surface area contributed by atoms with Gasteiger partial charge in [-0.1, -0.05) is 13.8 Å². The molecule has 0 aliphatic carbocycles. The van der Waals surface area contributed by atoms with Crippen LogP contribution < -0.4 is 10.3 Å². The second kappa shape index (κ2) is 6.59. The van der Waals surface area contributed by atoms with Gasteiger partial charge in [0.1, 0.15) is 0 Å². The first-order chi connectivity index (χ1) is 11.5. The van der Waals surface area contributed by atoms with Crippen LogP contribution in [0.25, 0.3) is 21.7 Å². The van der Waals surface area contributed by atoms with E-state index in [0.717, 1.165) is 12.8 Å². The summed E-state index contributed by atoms with van der Waals surface area (Å²) in [6, 6.07) is 5.15. The topological polar surface area (TPSA) is 55.0 Å². The minimum Gasteiger partial charge on any atom is -0.490 e.